The Balaban J connectivity index is 1.63. The largest absolute Gasteiger partial charge is 0.493 e. The average molecular weight is 423 g/mol. The molecule has 0 saturated heterocycles. The van der Waals surface area contributed by atoms with Crippen LogP contribution in [0.3, 0.4) is 0 Å². The summed E-state index contributed by atoms with van der Waals surface area (Å²) in [5, 5.41) is 4.86. The third-order valence-corrected chi connectivity index (χ3v) is 4.77. The maximum absolute atomic E-state index is 12.5. The Kier molecular flexibility index (Phi) is 6.97. The van der Waals surface area contributed by atoms with Crippen molar-refractivity contribution in [3.63, 3.8) is 0 Å². The van der Waals surface area contributed by atoms with Gasteiger partial charge in [-0.05, 0) is 47.5 Å². The number of carbonyl (C=O) groups is 2. The number of benzene rings is 3. The van der Waals surface area contributed by atoms with Crippen molar-refractivity contribution >= 4 is 28.3 Å². The van der Waals surface area contributed by atoms with Crippen LogP contribution in [-0.4, -0.2) is 39.3 Å². The molecule has 0 radical (unpaired) electrons. The van der Waals surface area contributed by atoms with Gasteiger partial charge in [0.15, 0.2) is 17.6 Å². The Morgan fingerprint density at radius 1 is 0.871 bits per heavy atom. The van der Waals surface area contributed by atoms with Gasteiger partial charge in [0.1, 0.15) is 0 Å². The first-order valence-electron chi connectivity index (χ1n) is 9.73. The highest BCUT2D eigenvalue weighted by atomic mass is 16.5. The summed E-state index contributed by atoms with van der Waals surface area (Å²) in [7, 11) is 4.50. The van der Waals surface area contributed by atoms with Crippen LogP contribution >= 0.6 is 0 Å². The lowest BCUT2D eigenvalue weighted by atomic mass is 10.1. The number of rotatable bonds is 8. The molecule has 1 atom stereocenters. The van der Waals surface area contributed by atoms with Gasteiger partial charge in [-0.3, -0.25) is 9.59 Å². The topological polar surface area (TPSA) is 83.1 Å². The number of esters is 1. The number of ether oxygens (including phenoxy) is 4. The predicted octanol–water partition coefficient (Wildman–Crippen LogP) is 3.98. The fraction of sp³-hybridized carbons (Fsp3) is 0.250. The van der Waals surface area contributed by atoms with Crippen molar-refractivity contribution in [1.29, 1.82) is 0 Å². The molecule has 3 aromatic rings. The monoisotopic (exact) mass is 423 g/mol. The standard InChI is InChI=1S/C24H25NO6/c1-15(24(27)25-19-10-9-17-7-5-6-8-18(17)14-19)31-22(26)13-16-11-20(28-2)23(30-4)21(12-16)29-3/h5-12,14-15H,13H2,1-4H3,(H,25,27)/t15-/m0/s1. The highest BCUT2D eigenvalue weighted by Crippen LogP contribution is 2.38. The van der Waals surface area contributed by atoms with Crippen molar-refractivity contribution in [2.75, 3.05) is 26.6 Å². The van der Waals surface area contributed by atoms with Crippen LogP contribution in [0.4, 0.5) is 5.69 Å². The zero-order valence-electron chi connectivity index (χ0n) is 17.9. The molecular weight excluding hydrogens is 398 g/mol. The van der Waals surface area contributed by atoms with Gasteiger partial charge in [0.2, 0.25) is 5.75 Å². The second-order valence-electron chi connectivity index (χ2n) is 6.89. The number of hydrogen-bond acceptors (Lipinski definition) is 6. The SMILES string of the molecule is COc1cc(CC(=O)O[C@@H](C)C(=O)Nc2ccc3ccccc3c2)cc(OC)c1OC. The molecule has 0 aliphatic heterocycles. The molecule has 31 heavy (non-hydrogen) atoms. The summed E-state index contributed by atoms with van der Waals surface area (Å²) < 4.78 is 21.2. The summed E-state index contributed by atoms with van der Waals surface area (Å²) in [6, 6.07) is 16.8. The molecule has 0 aromatic heterocycles. The number of methoxy groups -OCH3 is 3. The molecule has 0 bridgehead atoms. The Bertz CT molecular complexity index is 1070. The summed E-state index contributed by atoms with van der Waals surface area (Å²) in [5.74, 6) is 0.354. The normalized spacial score (nSPS) is 11.5. The minimum atomic E-state index is -0.957. The van der Waals surface area contributed by atoms with E-state index in [0.29, 0.717) is 28.5 Å². The molecule has 3 aromatic carbocycles. The van der Waals surface area contributed by atoms with Gasteiger partial charge in [-0.15, -0.1) is 0 Å². The number of hydrogen-bond donors (Lipinski definition) is 1. The summed E-state index contributed by atoms with van der Waals surface area (Å²) in [6.45, 7) is 1.53. The predicted molar refractivity (Wildman–Crippen MR) is 118 cm³/mol. The molecule has 0 saturated carbocycles. The van der Waals surface area contributed by atoms with Crippen molar-refractivity contribution in [3.8, 4) is 17.2 Å². The van der Waals surface area contributed by atoms with Crippen LogP contribution in [0.5, 0.6) is 17.2 Å². The van der Waals surface area contributed by atoms with Crippen molar-refractivity contribution in [2.45, 2.75) is 19.4 Å². The quantitative estimate of drug-likeness (QED) is 0.552. The van der Waals surface area contributed by atoms with Crippen LogP contribution in [0.1, 0.15) is 12.5 Å². The Hall–Kier alpha value is -3.74. The molecule has 1 amide bonds. The van der Waals surface area contributed by atoms with E-state index in [0.717, 1.165) is 10.8 Å². The number of amides is 1. The molecule has 3 rings (SSSR count). The average Bonchev–Trinajstić information content (AvgIpc) is 2.78. The summed E-state index contributed by atoms with van der Waals surface area (Å²) >= 11 is 0. The lowest BCUT2D eigenvalue weighted by molar-refractivity contribution is -0.152. The van der Waals surface area contributed by atoms with Gasteiger partial charge in [-0.2, -0.15) is 0 Å². The van der Waals surface area contributed by atoms with Crippen molar-refractivity contribution in [1.82, 2.24) is 0 Å². The van der Waals surface area contributed by atoms with Gasteiger partial charge in [0.05, 0.1) is 27.8 Å². The van der Waals surface area contributed by atoms with E-state index in [1.165, 1.54) is 28.3 Å². The molecule has 0 spiro atoms. The molecular formula is C24H25NO6. The maximum Gasteiger partial charge on any atom is 0.311 e. The Morgan fingerprint density at radius 3 is 2.13 bits per heavy atom. The van der Waals surface area contributed by atoms with Gasteiger partial charge < -0.3 is 24.3 Å². The highest BCUT2D eigenvalue weighted by molar-refractivity contribution is 5.97. The fourth-order valence-electron chi connectivity index (χ4n) is 3.21. The van der Waals surface area contributed by atoms with Crippen LogP contribution < -0.4 is 19.5 Å². The molecule has 0 unspecified atom stereocenters. The van der Waals surface area contributed by atoms with E-state index in [2.05, 4.69) is 5.32 Å². The zero-order chi connectivity index (χ0) is 22.4. The van der Waals surface area contributed by atoms with E-state index in [-0.39, 0.29) is 6.42 Å². The van der Waals surface area contributed by atoms with E-state index in [1.807, 2.05) is 42.5 Å². The number of carbonyl (C=O) groups excluding carboxylic acids is 2. The van der Waals surface area contributed by atoms with Crippen LogP contribution in [0, 0.1) is 0 Å². The van der Waals surface area contributed by atoms with Crippen LogP contribution in [-0.2, 0) is 20.7 Å². The lowest BCUT2D eigenvalue weighted by Gasteiger charge is -2.16. The molecule has 1 N–H and O–H groups in total. The summed E-state index contributed by atoms with van der Waals surface area (Å²) in [5.41, 5.74) is 1.25. The first-order valence-corrected chi connectivity index (χ1v) is 9.73. The molecule has 0 aliphatic carbocycles. The second kappa shape index (κ2) is 9.84. The molecule has 162 valence electrons. The fourth-order valence-corrected chi connectivity index (χ4v) is 3.21. The number of fused-ring (bicyclic) bond motifs is 1. The summed E-state index contributed by atoms with van der Waals surface area (Å²) in [6.07, 6.45) is -1.01. The third-order valence-electron chi connectivity index (χ3n) is 4.77. The van der Waals surface area contributed by atoms with E-state index < -0.39 is 18.0 Å². The van der Waals surface area contributed by atoms with Crippen molar-refractivity contribution in [3.05, 3.63) is 60.2 Å². The Labute approximate surface area is 180 Å². The minimum Gasteiger partial charge on any atom is -0.493 e. The van der Waals surface area contributed by atoms with Crippen LogP contribution in [0.15, 0.2) is 54.6 Å². The smallest absolute Gasteiger partial charge is 0.311 e. The minimum absolute atomic E-state index is 0.0513. The van der Waals surface area contributed by atoms with Crippen LogP contribution in [0.25, 0.3) is 10.8 Å². The number of anilines is 1. The van der Waals surface area contributed by atoms with E-state index in [4.69, 9.17) is 18.9 Å². The summed E-state index contributed by atoms with van der Waals surface area (Å²) in [4.78, 5) is 24.9. The van der Waals surface area contributed by atoms with Gasteiger partial charge in [-0.25, -0.2) is 0 Å². The van der Waals surface area contributed by atoms with Gasteiger partial charge in [0, 0.05) is 5.69 Å². The molecule has 7 nitrogen and oxygen atoms in total. The van der Waals surface area contributed by atoms with E-state index in [1.54, 1.807) is 12.1 Å². The van der Waals surface area contributed by atoms with Crippen molar-refractivity contribution in [2.24, 2.45) is 0 Å². The lowest BCUT2D eigenvalue weighted by Crippen LogP contribution is -2.30. The first kappa shape index (κ1) is 22.0. The first-order chi connectivity index (χ1) is 14.9. The van der Waals surface area contributed by atoms with E-state index in [9.17, 15) is 9.59 Å². The van der Waals surface area contributed by atoms with E-state index >= 15 is 0 Å². The number of nitrogens with one attached hydrogen (secondary N) is 1. The Morgan fingerprint density at radius 2 is 1.52 bits per heavy atom. The molecule has 0 aliphatic rings. The molecule has 0 fully saturated rings. The third kappa shape index (κ3) is 5.25. The zero-order valence-corrected chi connectivity index (χ0v) is 17.9. The second-order valence-corrected chi connectivity index (χ2v) is 6.89. The molecule has 0 heterocycles. The van der Waals surface area contributed by atoms with Crippen LogP contribution in [0.2, 0.25) is 0 Å². The van der Waals surface area contributed by atoms with Gasteiger partial charge in [-0.1, -0.05) is 30.3 Å². The van der Waals surface area contributed by atoms with Crippen molar-refractivity contribution < 1.29 is 28.5 Å². The molecule has 7 heteroatoms. The van der Waals surface area contributed by atoms with Gasteiger partial charge in [0.25, 0.3) is 5.91 Å². The maximum atomic E-state index is 12.5. The van der Waals surface area contributed by atoms with Gasteiger partial charge >= 0.3 is 5.97 Å². The highest BCUT2D eigenvalue weighted by Gasteiger charge is 2.20.